The summed E-state index contributed by atoms with van der Waals surface area (Å²) in [5, 5.41) is 8.29. The van der Waals surface area contributed by atoms with Gasteiger partial charge in [-0.25, -0.2) is 19.6 Å². The molecule has 0 radical (unpaired) electrons. The molecule has 7 heteroatoms. The van der Waals surface area contributed by atoms with E-state index in [0.717, 1.165) is 0 Å². The largest absolute Gasteiger partial charge is 0.477 e. The molecule has 1 aromatic rings. The van der Waals surface area contributed by atoms with Gasteiger partial charge in [0.05, 0.1) is 0 Å². The van der Waals surface area contributed by atoms with Crippen molar-refractivity contribution in [1.82, 2.24) is 9.97 Å². The van der Waals surface area contributed by atoms with E-state index in [1.165, 1.54) is 18.6 Å². The third-order valence-corrected chi connectivity index (χ3v) is 0.801. The van der Waals surface area contributed by atoms with E-state index in [-0.39, 0.29) is 5.69 Å². The number of hydrogen-bond acceptors (Lipinski definition) is 4. The summed E-state index contributed by atoms with van der Waals surface area (Å²) in [4.78, 5) is 26.1. The number of urea groups is 1. The highest BCUT2D eigenvalue weighted by atomic mass is 16.4. The lowest BCUT2D eigenvalue weighted by Crippen LogP contribution is -2.18. The number of carboxylic acids is 1. The summed E-state index contributed by atoms with van der Waals surface area (Å²) < 4.78 is 0. The number of nitrogens with two attached hydrogens (primary N) is 2. The molecule has 1 rings (SSSR count). The Hall–Kier alpha value is -2.18. The van der Waals surface area contributed by atoms with E-state index in [0.29, 0.717) is 0 Å². The number of aromatic carboxylic acids is 1. The van der Waals surface area contributed by atoms with Crippen LogP contribution >= 0.6 is 0 Å². The quantitative estimate of drug-likeness (QED) is 0.525. The molecule has 2 amide bonds. The molecule has 0 aliphatic heterocycles. The number of aromatic nitrogens is 2. The Kier molecular flexibility index (Phi) is 4.55. The van der Waals surface area contributed by atoms with Crippen LogP contribution in [0.2, 0.25) is 0 Å². The Labute approximate surface area is 73.4 Å². The summed E-state index contributed by atoms with van der Waals surface area (Å²) in [6, 6.07) is 0.502. The van der Waals surface area contributed by atoms with E-state index < -0.39 is 12.0 Å². The van der Waals surface area contributed by atoms with Crippen LogP contribution in [0, 0.1) is 0 Å². The molecule has 7 nitrogen and oxygen atoms in total. The summed E-state index contributed by atoms with van der Waals surface area (Å²) in [6.07, 6.45) is 2.58. The number of carbonyl (C=O) groups excluding carboxylic acids is 1. The van der Waals surface area contributed by atoms with Crippen molar-refractivity contribution in [3.8, 4) is 0 Å². The lowest BCUT2D eigenvalue weighted by Gasteiger charge is -1.86. The van der Waals surface area contributed by atoms with Gasteiger partial charge >= 0.3 is 12.0 Å². The van der Waals surface area contributed by atoms with Crippen LogP contribution in [0.15, 0.2) is 18.6 Å². The Morgan fingerprint density at radius 1 is 1.38 bits per heavy atom. The lowest BCUT2D eigenvalue weighted by atomic mass is 10.4. The molecule has 0 fully saturated rings. The van der Waals surface area contributed by atoms with E-state index in [9.17, 15) is 4.79 Å². The minimum Gasteiger partial charge on any atom is -0.477 e. The van der Waals surface area contributed by atoms with Gasteiger partial charge in [-0.3, -0.25) is 0 Å². The van der Waals surface area contributed by atoms with Crippen LogP contribution in [0.3, 0.4) is 0 Å². The summed E-state index contributed by atoms with van der Waals surface area (Å²) in [5.74, 6) is -1.03. The summed E-state index contributed by atoms with van der Waals surface area (Å²) in [5.41, 5.74) is 8.52. The second kappa shape index (κ2) is 5.47. The molecule has 5 N–H and O–H groups in total. The average molecular weight is 184 g/mol. The Morgan fingerprint density at radius 2 is 1.92 bits per heavy atom. The van der Waals surface area contributed by atoms with Gasteiger partial charge in [0, 0.05) is 6.20 Å². The van der Waals surface area contributed by atoms with Gasteiger partial charge in [0.15, 0.2) is 5.69 Å². The van der Waals surface area contributed by atoms with E-state index in [4.69, 9.17) is 9.90 Å². The molecule has 0 bridgehead atoms. The Morgan fingerprint density at radius 3 is 2.15 bits per heavy atom. The topological polar surface area (TPSA) is 132 Å². The van der Waals surface area contributed by atoms with Crippen LogP contribution in [0.1, 0.15) is 10.5 Å². The number of hydrogen-bond donors (Lipinski definition) is 3. The summed E-state index contributed by atoms with van der Waals surface area (Å²) in [7, 11) is 0. The molecule has 13 heavy (non-hydrogen) atoms. The number of rotatable bonds is 1. The van der Waals surface area contributed by atoms with E-state index in [1.807, 2.05) is 0 Å². The third kappa shape index (κ3) is 6.23. The number of carbonyl (C=O) groups is 2. The second-order valence-electron chi connectivity index (χ2n) is 1.80. The molecule has 0 aliphatic carbocycles. The first-order chi connectivity index (χ1) is 6.04. The van der Waals surface area contributed by atoms with Crippen molar-refractivity contribution in [2.24, 2.45) is 11.5 Å². The van der Waals surface area contributed by atoms with Crippen molar-refractivity contribution < 1.29 is 14.7 Å². The fourth-order valence-electron chi connectivity index (χ4n) is 0.417. The molecule has 0 aliphatic rings. The van der Waals surface area contributed by atoms with E-state index in [1.54, 1.807) is 0 Å². The highest BCUT2D eigenvalue weighted by molar-refractivity contribution is 5.84. The minimum atomic E-state index is -1.03. The summed E-state index contributed by atoms with van der Waals surface area (Å²) in [6.45, 7) is 0. The molecule has 0 atom stereocenters. The molecule has 0 saturated heterocycles. The zero-order chi connectivity index (χ0) is 10.3. The highest BCUT2D eigenvalue weighted by Crippen LogP contribution is 1.87. The van der Waals surface area contributed by atoms with Gasteiger partial charge in [-0.05, 0) is 6.07 Å². The van der Waals surface area contributed by atoms with Gasteiger partial charge in [0.25, 0.3) is 0 Å². The average Bonchev–Trinajstić information content (AvgIpc) is 2.05. The number of nitrogens with zero attached hydrogens (tertiary/aromatic N) is 2. The number of primary amides is 2. The zero-order valence-electron chi connectivity index (χ0n) is 6.54. The zero-order valence-corrected chi connectivity index (χ0v) is 6.54. The van der Waals surface area contributed by atoms with Crippen LogP contribution in [-0.2, 0) is 0 Å². The van der Waals surface area contributed by atoms with Crippen molar-refractivity contribution >= 4 is 12.0 Å². The van der Waals surface area contributed by atoms with Gasteiger partial charge < -0.3 is 16.6 Å². The normalized spacial score (nSPS) is 8.00. The second-order valence-corrected chi connectivity index (χ2v) is 1.80. The predicted octanol–water partition coefficient (Wildman–Crippen LogP) is -0.801. The molecular formula is C6H8N4O3. The monoisotopic (exact) mass is 184 g/mol. The molecule has 0 saturated carbocycles. The van der Waals surface area contributed by atoms with E-state index in [2.05, 4.69) is 21.4 Å². The van der Waals surface area contributed by atoms with Crippen LogP contribution in [0.5, 0.6) is 0 Å². The van der Waals surface area contributed by atoms with Gasteiger partial charge in [-0.1, -0.05) is 0 Å². The number of carboxylic acid groups (broad SMARTS) is 1. The van der Waals surface area contributed by atoms with Gasteiger partial charge in [-0.2, -0.15) is 0 Å². The van der Waals surface area contributed by atoms with Crippen molar-refractivity contribution in [1.29, 1.82) is 0 Å². The molecule has 0 unspecified atom stereocenters. The first-order valence-electron chi connectivity index (χ1n) is 3.08. The third-order valence-electron chi connectivity index (χ3n) is 0.801. The fraction of sp³-hybridized carbons (Fsp3) is 0. The van der Waals surface area contributed by atoms with Crippen LogP contribution < -0.4 is 11.5 Å². The highest BCUT2D eigenvalue weighted by Gasteiger charge is 1.99. The van der Waals surface area contributed by atoms with Crippen molar-refractivity contribution in [2.45, 2.75) is 0 Å². The maximum Gasteiger partial charge on any atom is 0.354 e. The van der Waals surface area contributed by atoms with Crippen LogP contribution in [0.25, 0.3) is 0 Å². The first kappa shape index (κ1) is 10.8. The molecule has 0 aromatic carbocycles. The van der Waals surface area contributed by atoms with Crippen LogP contribution in [0.4, 0.5) is 4.79 Å². The minimum absolute atomic E-state index is 0.0185. The maximum absolute atomic E-state index is 10.1. The molecule has 0 spiro atoms. The van der Waals surface area contributed by atoms with Crippen molar-refractivity contribution in [2.75, 3.05) is 0 Å². The van der Waals surface area contributed by atoms with Crippen molar-refractivity contribution in [3.05, 3.63) is 24.3 Å². The van der Waals surface area contributed by atoms with Gasteiger partial charge in [0.2, 0.25) is 0 Å². The Bertz CT molecular complexity index is 283. The number of amides is 2. The van der Waals surface area contributed by atoms with Gasteiger partial charge in [0.1, 0.15) is 6.33 Å². The van der Waals surface area contributed by atoms with Crippen molar-refractivity contribution in [3.63, 3.8) is 0 Å². The SMILES string of the molecule is NC(N)=O.O=C(O)c1ccncn1. The predicted molar refractivity (Wildman–Crippen MR) is 42.8 cm³/mol. The lowest BCUT2D eigenvalue weighted by molar-refractivity contribution is 0.0690. The fourth-order valence-corrected chi connectivity index (χ4v) is 0.417. The summed E-state index contributed by atoms with van der Waals surface area (Å²) >= 11 is 0. The van der Waals surface area contributed by atoms with E-state index >= 15 is 0 Å². The molecule has 1 aromatic heterocycles. The standard InChI is InChI=1S/C5H4N2O2.CH4N2O/c8-5(9)4-1-2-6-3-7-4;2-1(3)4/h1-3H,(H,8,9);(H4,2,3,4). The smallest absolute Gasteiger partial charge is 0.354 e. The van der Waals surface area contributed by atoms with Crippen LogP contribution in [-0.4, -0.2) is 27.1 Å². The Balaban J connectivity index is 0.000000310. The molecule has 1 heterocycles. The first-order valence-corrected chi connectivity index (χ1v) is 3.08. The maximum atomic E-state index is 10.1. The molecular weight excluding hydrogens is 176 g/mol. The van der Waals surface area contributed by atoms with Gasteiger partial charge in [-0.15, -0.1) is 0 Å². The molecule has 70 valence electrons.